The van der Waals surface area contributed by atoms with E-state index < -0.39 is 0 Å². The van der Waals surface area contributed by atoms with Crippen molar-refractivity contribution < 1.29 is 4.74 Å². The molecule has 2 rings (SSSR count). The van der Waals surface area contributed by atoms with Gasteiger partial charge in [0.25, 0.3) is 10.8 Å². The minimum atomic E-state index is -0.175. The molecule has 2 aromatic rings. The van der Waals surface area contributed by atoms with Crippen molar-refractivity contribution >= 4 is 37.6 Å². The first kappa shape index (κ1) is 9.67. The zero-order chi connectivity index (χ0) is 10.1. The second-order valence-electron chi connectivity index (χ2n) is 2.57. The maximum absolute atomic E-state index is 11.2. The van der Waals surface area contributed by atoms with Gasteiger partial charge in [-0.15, -0.1) is 0 Å². The third-order valence-corrected chi connectivity index (χ3v) is 3.11. The highest BCUT2D eigenvalue weighted by atomic mass is 79.9. The molecule has 0 amide bonds. The standard InChI is InChI=1S/C8H7BrN2O2S/c1-2-13-8-11-6-5(14-8)3-4(9)7(12)10-6/h3H,2H2,1H3,(H,10,12). The van der Waals surface area contributed by atoms with E-state index in [9.17, 15) is 4.79 Å². The molecular weight excluding hydrogens is 268 g/mol. The first-order valence-corrected chi connectivity index (χ1v) is 5.64. The number of hydrogen-bond donors (Lipinski definition) is 1. The Morgan fingerprint density at radius 1 is 1.71 bits per heavy atom. The van der Waals surface area contributed by atoms with E-state index in [1.54, 1.807) is 6.07 Å². The monoisotopic (exact) mass is 274 g/mol. The first-order chi connectivity index (χ1) is 6.70. The van der Waals surface area contributed by atoms with Gasteiger partial charge < -0.3 is 9.72 Å². The average Bonchev–Trinajstić information content (AvgIpc) is 2.48. The van der Waals surface area contributed by atoms with Crippen LogP contribution in [0.2, 0.25) is 0 Å². The number of rotatable bonds is 2. The zero-order valence-electron chi connectivity index (χ0n) is 7.33. The van der Waals surface area contributed by atoms with Gasteiger partial charge in [0, 0.05) is 0 Å². The van der Waals surface area contributed by atoms with E-state index >= 15 is 0 Å². The predicted octanol–water partition coefficient (Wildman–Crippen LogP) is 2.15. The van der Waals surface area contributed by atoms with Gasteiger partial charge in [-0.1, -0.05) is 11.3 Å². The van der Waals surface area contributed by atoms with Crippen LogP contribution < -0.4 is 10.3 Å². The Labute approximate surface area is 92.1 Å². The molecule has 0 aliphatic rings. The summed E-state index contributed by atoms with van der Waals surface area (Å²) in [6.45, 7) is 2.47. The molecule has 0 radical (unpaired) electrons. The average molecular weight is 275 g/mol. The largest absolute Gasteiger partial charge is 0.470 e. The number of aromatic nitrogens is 2. The molecule has 0 atom stereocenters. The molecule has 2 aromatic heterocycles. The highest BCUT2D eigenvalue weighted by Crippen LogP contribution is 2.26. The Kier molecular flexibility index (Phi) is 2.56. The number of aromatic amines is 1. The van der Waals surface area contributed by atoms with Gasteiger partial charge in [0.1, 0.15) is 0 Å². The van der Waals surface area contributed by atoms with Crippen molar-refractivity contribution in [2.24, 2.45) is 0 Å². The summed E-state index contributed by atoms with van der Waals surface area (Å²) in [5, 5.41) is 0.580. The van der Waals surface area contributed by atoms with E-state index in [0.717, 1.165) is 4.70 Å². The van der Waals surface area contributed by atoms with Gasteiger partial charge >= 0.3 is 0 Å². The Balaban J connectivity index is 2.60. The molecule has 0 aromatic carbocycles. The molecular formula is C8H7BrN2O2S. The molecule has 0 aliphatic heterocycles. The predicted molar refractivity (Wildman–Crippen MR) is 59.1 cm³/mol. The lowest BCUT2D eigenvalue weighted by molar-refractivity contribution is 0.339. The summed E-state index contributed by atoms with van der Waals surface area (Å²) in [4.78, 5) is 18.0. The van der Waals surface area contributed by atoms with Crippen LogP contribution in [0.3, 0.4) is 0 Å². The first-order valence-electron chi connectivity index (χ1n) is 4.03. The number of halogens is 1. The van der Waals surface area contributed by atoms with Crippen LogP contribution in [0.5, 0.6) is 5.19 Å². The van der Waals surface area contributed by atoms with Crippen LogP contribution in [0.15, 0.2) is 15.3 Å². The number of thiazole rings is 1. The third-order valence-electron chi connectivity index (χ3n) is 1.61. The van der Waals surface area contributed by atoms with Gasteiger partial charge in [-0.25, -0.2) is 0 Å². The number of fused-ring (bicyclic) bond motifs is 1. The highest BCUT2D eigenvalue weighted by molar-refractivity contribution is 9.10. The fourth-order valence-corrected chi connectivity index (χ4v) is 2.38. The molecule has 0 saturated heterocycles. The maximum atomic E-state index is 11.2. The van der Waals surface area contributed by atoms with Crippen molar-refractivity contribution in [1.82, 2.24) is 9.97 Å². The highest BCUT2D eigenvalue weighted by Gasteiger charge is 2.06. The summed E-state index contributed by atoms with van der Waals surface area (Å²) in [5.41, 5.74) is 0.400. The van der Waals surface area contributed by atoms with Crippen molar-refractivity contribution in [3.05, 3.63) is 20.9 Å². The number of pyridine rings is 1. The van der Waals surface area contributed by atoms with Crippen molar-refractivity contribution in [3.63, 3.8) is 0 Å². The molecule has 0 fully saturated rings. The molecule has 2 heterocycles. The van der Waals surface area contributed by atoms with Gasteiger partial charge in [0.15, 0.2) is 5.65 Å². The Morgan fingerprint density at radius 3 is 3.21 bits per heavy atom. The minimum Gasteiger partial charge on any atom is -0.470 e. The summed E-state index contributed by atoms with van der Waals surface area (Å²) >= 11 is 4.57. The lowest BCUT2D eigenvalue weighted by atomic mass is 10.5. The number of hydrogen-bond acceptors (Lipinski definition) is 4. The van der Waals surface area contributed by atoms with Crippen LogP contribution in [0, 0.1) is 0 Å². The molecule has 0 bridgehead atoms. The second kappa shape index (κ2) is 3.70. The molecule has 0 spiro atoms. The molecule has 74 valence electrons. The smallest absolute Gasteiger partial charge is 0.275 e. The van der Waals surface area contributed by atoms with E-state index in [1.807, 2.05) is 6.92 Å². The van der Waals surface area contributed by atoms with Crippen molar-refractivity contribution in [2.45, 2.75) is 6.92 Å². The fourth-order valence-electron chi connectivity index (χ4n) is 1.03. The van der Waals surface area contributed by atoms with Crippen LogP contribution >= 0.6 is 27.3 Å². The Hall–Kier alpha value is -0.880. The van der Waals surface area contributed by atoms with Crippen LogP contribution in [-0.2, 0) is 0 Å². The second-order valence-corrected chi connectivity index (χ2v) is 4.42. The van der Waals surface area contributed by atoms with Gasteiger partial charge in [-0.05, 0) is 28.9 Å². The molecule has 0 saturated carbocycles. The van der Waals surface area contributed by atoms with Gasteiger partial charge in [-0.2, -0.15) is 4.98 Å². The quantitative estimate of drug-likeness (QED) is 0.913. The fraction of sp³-hybridized carbons (Fsp3) is 0.250. The molecule has 4 nitrogen and oxygen atoms in total. The lowest BCUT2D eigenvalue weighted by Crippen LogP contribution is -2.05. The molecule has 1 N–H and O–H groups in total. The van der Waals surface area contributed by atoms with E-state index in [-0.39, 0.29) is 5.56 Å². The van der Waals surface area contributed by atoms with Crippen LogP contribution in [0.1, 0.15) is 6.92 Å². The van der Waals surface area contributed by atoms with Gasteiger partial charge in [0.2, 0.25) is 0 Å². The van der Waals surface area contributed by atoms with Crippen LogP contribution in [0.25, 0.3) is 10.3 Å². The van der Waals surface area contributed by atoms with Crippen molar-refractivity contribution in [1.29, 1.82) is 0 Å². The van der Waals surface area contributed by atoms with E-state index in [1.165, 1.54) is 11.3 Å². The summed E-state index contributed by atoms with van der Waals surface area (Å²) in [7, 11) is 0. The summed E-state index contributed by atoms with van der Waals surface area (Å²) in [6, 6.07) is 1.74. The number of ether oxygens (including phenoxy) is 1. The number of H-pyrrole nitrogens is 1. The summed E-state index contributed by atoms with van der Waals surface area (Å²) in [6.07, 6.45) is 0. The molecule has 14 heavy (non-hydrogen) atoms. The normalized spacial score (nSPS) is 10.7. The van der Waals surface area contributed by atoms with Crippen LogP contribution in [0.4, 0.5) is 0 Å². The van der Waals surface area contributed by atoms with Crippen molar-refractivity contribution in [2.75, 3.05) is 6.61 Å². The van der Waals surface area contributed by atoms with Gasteiger partial charge in [-0.3, -0.25) is 4.79 Å². The van der Waals surface area contributed by atoms with Crippen LogP contribution in [-0.4, -0.2) is 16.6 Å². The number of nitrogens with zero attached hydrogens (tertiary/aromatic N) is 1. The van der Waals surface area contributed by atoms with Crippen molar-refractivity contribution in [3.8, 4) is 5.19 Å². The number of nitrogens with one attached hydrogen (secondary N) is 1. The molecule has 0 unspecified atom stereocenters. The molecule has 6 heteroatoms. The minimum absolute atomic E-state index is 0.175. The topological polar surface area (TPSA) is 55.0 Å². The van der Waals surface area contributed by atoms with Gasteiger partial charge in [0.05, 0.1) is 15.8 Å². The third kappa shape index (κ3) is 1.67. The Bertz CT molecular complexity index is 520. The van der Waals surface area contributed by atoms with E-state index in [2.05, 4.69) is 25.9 Å². The van der Waals surface area contributed by atoms with E-state index in [4.69, 9.17) is 4.74 Å². The SMILES string of the molecule is CCOc1nc2[nH]c(=O)c(Br)cc2s1. The summed E-state index contributed by atoms with van der Waals surface area (Å²) in [5.74, 6) is 0. The van der Waals surface area contributed by atoms with E-state index in [0.29, 0.717) is 21.9 Å². The Morgan fingerprint density at radius 2 is 2.50 bits per heavy atom. The lowest BCUT2D eigenvalue weighted by Gasteiger charge is -1.91. The molecule has 0 aliphatic carbocycles. The maximum Gasteiger partial charge on any atom is 0.275 e. The zero-order valence-corrected chi connectivity index (χ0v) is 9.74. The summed E-state index contributed by atoms with van der Waals surface area (Å²) < 4.78 is 6.65.